The molecule has 0 atom stereocenters. The molecule has 0 saturated carbocycles. The first-order valence-corrected chi connectivity index (χ1v) is 6.75. The van der Waals surface area contributed by atoms with Gasteiger partial charge in [-0.15, -0.1) is 11.3 Å². The molecule has 2 aromatic carbocycles. The molecule has 4 rings (SSSR count). The monoisotopic (exact) mass is 270 g/mol. The van der Waals surface area contributed by atoms with Gasteiger partial charge in [0.15, 0.2) is 0 Å². The summed E-state index contributed by atoms with van der Waals surface area (Å²) in [5.74, 6) is 0. The Hall–Kier alpha value is -1.71. The molecule has 0 aliphatic heterocycles. The predicted molar refractivity (Wildman–Crippen MR) is 77.4 cm³/mol. The van der Waals surface area contributed by atoms with Gasteiger partial charge in [-0.25, -0.2) is 9.97 Å². The summed E-state index contributed by atoms with van der Waals surface area (Å²) in [6.07, 6.45) is 1.61. The minimum atomic E-state index is 0.443. The minimum Gasteiger partial charge on any atom is -0.250 e. The van der Waals surface area contributed by atoms with Crippen molar-refractivity contribution in [2.24, 2.45) is 0 Å². The fourth-order valence-electron chi connectivity index (χ4n) is 2.28. The summed E-state index contributed by atoms with van der Waals surface area (Å²) in [5.41, 5.74) is 0.941. The molecule has 4 heteroatoms. The molecule has 0 bridgehead atoms. The first-order valence-electron chi connectivity index (χ1n) is 5.55. The molecule has 0 saturated heterocycles. The van der Waals surface area contributed by atoms with Crippen LogP contribution in [0.1, 0.15) is 0 Å². The van der Waals surface area contributed by atoms with Crippen molar-refractivity contribution < 1.29 is 0 Å². The largest absolute Gasteiger partial charge is 0.250 e. The van der Waals surface area contributed by atoms with Gasteiger partial charge in [0.1, 0.15) is 15.5 Å². The Morgan fingerprint density at radius 2 is 1.94 bits per heavy atom. The molecule has 0 N–H and O–H groups in total. The first-order chi connectivity index (χ1) is 8.83. The van der Waals surface area contributed by atoms with Crippen LogP contribution in [-0.2, 0) is 0 Å². The van der Waals surface area contributed by atoms with Crippen molar-refractivity contribution in [2.45, 2.75) is 0 Å². The standard InChI is InChI=1S/C14H7ClN2S/c15-11-7-16-13-12-9-4-2-1-3-8(9)5-6-10(12)18-14(13)17-11/h1-7H. The Kier molecular flexibility index (Phi) is 2.07. The van der Waals surface area contributed by atoms with E-state index in [9.17, 15) is 0 Å². The van der Waals surface area contributed by atoms with Crippen LogP contribution in [0.4, 0.5) is 0 Å². The number of aromatic nitrogens is 2. The molecule has 86 valence electrons. The molecule has 0 spiro atoms. The van der Waals surface area contributed by atoms with E-state index in [1.807, 2.05) is 6.07 Å². The van der Waals surface area contributed by atoms with Crippen LogP contribution < -0.4 is 0 Å². The Labute approximate surface area is 112 Å². The number of hydrogen-bond acceptors (Lipinski definition) is 3. The third kappa shape index (κ3) is 1.35. The molecule has 4 aromatic rings. The number of nitrogens with zero attached hydrogens (tertiary/aromatic N) is 2. The fourth-order valence-corrected chi connectivity index (χ4v) is 3.51. The van der Waals surface area contributed by atoms with Crippen LogP contribution in [0.3, 0.4) is 0 Å². The van der Waals surface area contributed by atoms with Gasteiger partial charge in [0.05, 0.1) is 6.20 Å². The zero-order valence-electron chi connectivity index (χ0n) is 9.22. The molecule has 0 fully saturated rings. The quantitative estimate of drug-likeness (QED) is 0.465. The highest BCUT2D eigenvalue weighted by Gasteiger charge is 2.10. The van der Waals surface area contributed by atoms with Crippen LogP contribution in [0.2, 0.25) is 5.15 Å². The summed E-state index contributed by atoms with van der Waals surface area (Å²) < 4.78 is 1.20. The number of hydrogen-bond donors (Lipinski definition) is 0. The average Bonchev–Trinajstić information content (AvgIpc) is 2.76. The maximum atomic E-state index is 5.90. The Morgan fingerprint density at radius 1 is 1.06 bits per heavy atom. The Bertz CT molecular complexity index is 898. The number of thiophene rings is 1. The second-order valence-corrected chi connectivity index (χ2v) is 5.53. The number of rotatable bonds is 0. The molecule has 2 nitrogen and oxygen atoms in total. The Morgan fingerprint density at radius 3 is 2.89 bits per heavy atom. The van der Waals surface area contributed by atoms with E-state index in [0.29, 0.717) is 5.15 Å². The molecular formula is C14H7ClN2S. The van der Waals surface area contributed by atoms with Gasteiger partial charge in [0.2, 0.25) is 0 Å². The topological polar surface area (TPSA) is 25.8 Å². The van der Waals surface area contributed by atoms with Crippen LogP contribution in [0, 0.1) is 0 Å². The van der Waals surface area contributed by atoms with Crippen molar-refractivity contribution >= 4 is 54.1 Å². The summed E-state index contributed by atoms with van der Waals surface area (Å²) in [4.78, 5) is 9.67. The number of halogens is 1. The lowest BCUT2D eigenvalue weighted by atomic mass is 10.1. The smallest absolute Gasteiger partial charge is 0.149 e. The van der Waals surface area contributed by atoms with E-state index in [0.717, 1.165) is 10.3 Å². The third-order valence-electron chi connectivity index (χ3n) is 3.05. The molecule has 2 heterocycles. The summed E-state index contributed by atoms with van der Waals surface area (Å²) in [6.45, 7) is 0. The normalized spacial score (nSPS) is 11.6. The maximum absolute atomic E-state index is 5.90. The molecule has 2 aromatic heterocycles. The van der Waals surface area contributed by atoms with Gasteiger partial charge in [-0.2, -0.15) is 0 Å². The minimum absolute atomic E-state index is 0.443. The number of benzene rings is 2. The van der Waals surface area contributed by atoms with Crippen molar-refractivity contribution in [3.05, 3.63) is 47.7 Å². The zero-order valence-corrected chi connectivity index (χ0v) is 10.8. The van der Waals surface area contributed by atoms with Gasteiger partial charge in [0.25, 0.3) is 0 Å². The summed E-state index contributed by atoms with van der Waals surface area (Å²) in [6, 6.07) is 12.6. The van der Waals surface area contributed by atoms with Crippen molar-refractivity contribution in [3.8, 4) is 0 Å². The van der Waals surface area contributed by atoms with E-state index < -0.39 is 0 Å². The second-order valence-electron chi connectivity index (χ2n) is 4.11. The highest BCUT2D eigenvalue weighted by Crippen LogP contribution is 2.36. The van der Waals surface area contributed by atoms with Gasteiger partial charge < -0.3 is 0 Å². The number of fused-ring (bicyclic) bond motifs is 5. The van der Waals surface area contributed by atoms with E-state index in [2.05, 4.69) is 40.3 Å². The summed E-state index contributed by atoms with van der Waals surface area (Å²) >= 11 is 7.53. The lowest BCUT2D eigenvalue weighted by molar-refractivity contribution is 1.32. The Balaban J connectivity index is 2.33. The van der Waals surface area contributed by atoms with E-state index >= 15 is 0 Å². The van der Waals surface area contributed by atoms with Crippen molar-refractivity contribution in [3.63, 3.8) is 0 Å². The summed E-state index contributed by atoms with van der Waals surface area (Å²) in [5, 5.41) is 4.06. The van der Waals surface area contributed by atoms with E-state index in [1.165, 1.54) is 20.9 Å². The second kappa shape index (κ2) is 3.64. The average molecular weight is 271 g/mol. The lowest BCUT2D eigenvalue weighted by Crippen LogP contribution is -1.79. The molecule has 0 unspecified atom stereocenters. The van der Waals surface area contributed by atoms with Crippen molar-refractivity contribution in [2.75, 3.05) is 0 Å². The molecule has 0 amide bonds. The van der Waals surface area contributed by atoms with Crippen LogP contribution >= 0.6 is 22.9 Å². The van der Waals surface area contributed by atoms with Gasteiger partial charge in [-0.3, -0.25) is 0 Å². The van der Waals surface area contributed by atoms with Gasteiger partial charge in [0, 0.05) is 10.1 Å². The highest BCUT2D eigenvalue weighted by molar-refractivity contribution is 7.25. The SMILES string of the molecule is Clc1cnc2c(n1)sc1ccc3ccccc3c12. The lowest BCUT2D eigenvalue weighted by Gasteiger charge is -1.99. The molecule has 0 radical (unpaired) electrons. The van der Waals surface area contributed by atoms with E-state index in [4.69, 9.17) is 11.6 Å². The van der Waals surface area contributed by atoms with Crippen LogP contribution in [0.15, 0.2) is 42.6 Å². The van der Waals surface area contributed by atoms with Crippen LogP contribution in [0.25, 0.3) is 31.2 Å². The van der Waals surface area contributed by atoms with Crippen LogP contribution in [-0.4, -0.2) is 9.97 Å². The summed E-state index contributed by atoms with van der Waals surface area (Å²) in [7, 11) is 0. The van der Waals surface area contributed by atoms with E-state index in [-0.39, 0.29) is 0 Å². The molecule has 0 aliphatic carbocycles. The third-order valence-corrected chi connectivity index (χ3v) is 4.27. The van der Waals surface area contributed by atoms with Crippen LogP contribution in [0.5, 0.6) is 0 Å². The predicted octanol–water partition coefficient (Wildman–Crippen LogP) is 4.65. The van der Waals surface area contributed by atoms with Crippen molar-refractivity contribution in [1.82, 2.24) is 9.97 Å². The zero-order chi connectivity index (χ0) is 12.1. The fraction of sp³-hybridized carbons (Fsp3) is 0. The highest BCUT2D eigenvalue weighted by atomic mass is 35.5. The van der Waals surface area contributed by atoms with Gasteiger partial charge in [-0.05, 0) is 16.8 Å². The molecular weight excluding hydrogens is 264 g/mol. The van der Waals surface area contributed by atoms with Gasteiger partial charge in [-0.1, -0.05) is 41.9 Å². The van der Waals surface area contributed by atoms with Crippen molar-refractivity contribution in [1.29, 1.82) is 0 Å². The maximum Gasteiger partial charge on any atom is 0.149 e. The van der Waals surface area contributed by atoms with E-state index in [1.54, 1.807) is 17.5 Å². The first kappa shape index (κ1) is 10.2. The van der Waals surface area contributed by atoms with Gasteiger partial charge >= 0.3 is 0 Å². The molecule has 18 heavy (non-hydrogen) atoms. The molecule has 0 aliphatic rings.